The number of benzene rings is 1. The molecule has 8 nitrogen and oxygen atoms in total. The second kappa shape index (κ2) is 8.36. The SMILES string of the molecule is Cc1c(C(=O)NCc2cccnc2N2CCOCC2)nnn1-c1ccc(F)cc1. The Morgan fingerprint density at radius 1 is 1.21 bits per heavy atom. The van der Waals surface area contributed by atoms with Crippen LogP contribution in [0, 0.1) is 12.7 Å². The van der Waals surface area contributed by atoms with Crippen LogP contribution in [0.3, 0.4) is 0 Å². The zero-order valence-corrected chi connectivity index (χ0v) is 16.0. The van der Waals surface area contributed by atoms with E-state index in [1.54, 1.807) is 25.3 Å². The maximum absolute atomic E-state index is 13.1. The highest BCUT2D eigenvalue weighted by atomic mass is 19.1. The molecule has 0 bridgehead atoms. The smallest absolute Gasteiger partial charge is 0.274 e. The van der Waals surface area contributed by atoms with Crippen molar-refractivity contribution in [1.29, 1.82) is 0 Å². The van der Waals surface area contributed by atoms with E-state index in [9.17, 15) is 9.18 Å². The molecule has 3 aromatic rings. The van der Waals surface area contributed by atoms with Crippen molar-refractivity contribution in [3.8, 4) is 5.69 Å². The van der Waals surface area contributed by atoms with Gasteiger partial charge in [-0.05, 0) is 37.3 Å². The fourth-order valence-corrected chi connectivity index (χ4v) is 3.25. The second-order valence-electron chi connectivity index (χ2n) is 6.68. The lowest BCUT2D eigenvalue weighted by atomic mass is 10.2. The molecule has 0 aliphatic carbocycles. The first-order chi connectivity index (χ1) is 14.1. The topological polar surface area (TPSA) is 85.2 Å². The zero-order chi connectivity index (χ0) is 20.2. The predicted octanol–water partition coefficient (Wildman–Crippen LogP) is 1.88. The monoisotopic (exact) mass is 396 g/mol. The van der Waals surface area contributed by atoms with Crippen LogP contribution in [-0.2, 0) is 11.3 Å². The van der Waals surface area contributed by atoms with E-state index in [1.807, 2.05) is 12.1 Å². The third-order valence-electron chi connectivity index (χ3n) is 4.80. The number of nitrogens with one attached hydrogen (secondary N) is 1. The van der Waals surface area contributed by atoms with Crippen molar-refractivity contribution < 1.29 is 13.9 Å². The Kier molecular flexibility index (Phi) is 5.48. The largest absolute Gasteiger partial charge is 0.378 e. The first kappa shape index (κ1) is 19.0. The van der Waals surface area contributed by atoms with Crippen molar-refractivity contribution in [1.82, 2.24) is 25.3 Å². The van der Waals surface area contributed by atoms with Gasteiger partial charge in [-0.3, -0.25) is 4.79 Å². The summed E-state index contributed by atoms with van der Waals surface area (Å²) >= 11 is 0. The van der Waals surface area contributed by atoms with Gasteiger partial charge in [0.1, 0.15) is 11.6 Å². The Morgan fingerprint density at radius 3 is 2.72 bits per heavy atom. The lowest BCUT2D eigenvalue weighted by molar-refractivity contribution is 0.0945. The number of carbonyl (C=O) groups excluding carboxylic acids is 1. The van der Waals surface area contributed by atoms with Gasteiger partial charge in [0.2, 0.25) is 0 Å². The summed E-state index contributed by atoms with van der Waals surface area (Å²) in [5.41, 5.74) is 2.36. The average Bonchev–Trinajstić information content (AvgIpc) is 3.15. The lowest BCUT2D eigenvalue weighted by Gasteiger charge is -2.29. The van der Waals surface area contributed by atoms with E-state index in [1.165, 1.54) is 16.8 Å². The number of pyridine rings is 1. The van der Waals surface area contributed by atoms with Crippen LogP contribution in [0.4, 0.5) is 10.2 Å². The highest BCUT2D eigenvalue weighted by molar-refractivity contribution is 5.93. The number of rotatable bonds is 5. The number of morpholine rings is 1. The molecule has 9 heteroatoms. The van der Waals surface area contributed by atoms with Crippen molar-refractivity contribution in [3.63, 3.8) is 0 Å². The molecule has 0 spiro atoms. The van der Waals surface area contributed by atoms with Crippen LogP contribution in [-0.4, -0.2) is 52.2 Å². The van der Waals surface area contributed by atoms with E-state index in [2.05, 4.69) is 25.5 Å². The van der Waals surface area contributed by atoms with Gasteiger partial charge < -0.3 is 15.0 Å². The standard InChI is InChI=1S/C20H21FN6O2/c1-14-18(24-25-27(14)17-6-4-16(21)5-7-17)20(28)23-13-15-3-2-8-22-19(15)26-9-11-29-12-10-26/h2-8H,9-13H2,1H3,(H,23,28). The maximum Gasteiger partial charge on any atom is 0.274 e. The fourth-order valence-electron chi connectivity index (χ4n) is 3.25. The van der Waals surface area contributed by atoms with E-state index in [4.69, 9.17) is 4.74 Å². The Labute approximate surface area is 167 Å². The highest BCUT2D eigenvalue weighted by Gasteiger charge is 2.19. The van der Waals surface area contributed by atoms with Crippen LogP contribution in [0.5, 0.6) is 0 Å². The van der Waals surface area contributed by atoms with E-state index < -0.39 is 0 Å². The van der Waals surface area contributed by atoms with E-state index in [0.717, 1.165) is 24.5 Å². The van der Waals surface area contributed by atoms with Gasteiger partial charge in [0.15, 0.2) is 5.69 Å². The van der Waals surface area contributed by atoms with E-state index >= 15 is 0 Å². The van der Waals surface area contributed by atoms with E-state index in [0.29, 0.717) is 31.1 Å². The van der Waals surface area contributed by atoms with Crippen LogP contribution in [0.2, 0.25) is 0 Å². The molecule has 0 radical (unpaired) electrons. The number of ether oxygens (including phenoxy) is 1. The Hall–Kier alpha value is -3.33. The number of amides is 1. The third-order valence-corrected chi connectivity index (χ3v) is 4.80. The van der Waals surface area contributed by atoms with Crippen molar-refractivity contribution >= 4 is 11.7 Å². The molecule has 1 saturated heterocycles. The summed E-state index contributed by atoms with van der Waals surface area (Å²) in [6, 6.07) is 9.64. The minimum absolute atomic E-state index is 0.228. The molecule has 2 aromatic heterocycles. The molecule has 3 heterocycles. The minimum atomic E-state index is -0.336. The van der Waals surface area contributed by atoms with Crippen LogP contribution in [0.15, 0.2) is 42.6 Å². The molecule has 1 aromatic carbocycles. The number of halogens is 1. The molecule has 1 amide bonds. The lowest BCUT2D eigenvalue weighted by Crippen LogP contribution is -2.38. The summed E-state index contributed by atoms with van der Waals surface area (Å²) < 4.78 is 20.0. The van der Waals surface area contributed by atoms with Gasteiger partial charge in [0, 0.05) is 31.4 Å². The van der Waals surface area contributed by atoms with Gasteiger partial charge in [0.25, 0.3) is 5.91 Å². The average molecular weight is 396 g/mol. The quantitative estimate of drug-likeness (QED) is 0.709. The minimum Gasteiger partial charge on any atom is -0.378 e. The normalized spacial score (nSPS) is 14.1. The molecular formula is C20H21FN6O2. The summed E-state index contributed by atoms with van der Waals surface area (Å²) in [7, 11) is 0. The Balaban J connectivity index is 1.48. The number of carbonyl (C=O) groups is 1. The second-order valence-corrected chi connectivity index (χ2v) is 6.68. The van der Waals surface area contributed by atoms with Crippen LogP contribution < -0.4 is 10.2 Å². The van der Waals surface area contributed by atoms with Crippen molar-refractivity contribution in [3.05, 3.63) is 65.4 Å². The van der Waals surface area contributed by atoms with E-state index in [-0.39, 0.29) is 17.4 Å². The molecular weight excluding hydrogens is 375 g/mol. The van der Waals surface area contributed by atoms with Gasteiger partial charge in [-0.1, -0.05) is 11.3 Å². The molecule has 0 unspecified atom stereocenters. The summed E-state index contributed by atoms with van der Waals surface area (Å²) in [5.74, 6) is 0.187. The Bertz CT molecular complexity index is 998. The van der Waals surface area contributed by atoms with Crippen LogP contribution in [0.25, 0.3) is 5.69 Å². The first-order valence-electron chi connectivity index (χ1n) is 9.36. The Morgan fingerprint density at radius 2 is 1.97 bits per heavy atom. The van der Waals surface area contributed by atoms with Gasteiger partial charge in [-0.2, -0.15) is 0 Å². The number of hydrogen-bond acceptors (Lipinski definition) is 6. The summed E-state index contributed by atoms with van der Waals surface area (Å²) in [5, 5.41) is 10.9. The summed E-state index contributed by atoms with van der Waals surface area (Å²) in [6.45, 7) is 4.93. The molecule has 150 valence electrons. The maximum atomic E-state index is 13.1. The summed E-state index contributed by atoms with van der Waals surface area (Å²) in [4.78, 5) is 19.3. The number of aromatic nitrogens is 4. The van der Waals surface area contributed by atoms with Gasteiger partial charge in [0.05, 0.1) is 24.6 Å². The number of nitrogens with zero attached hydrogens (tertiary/aromatic N) is 5. The molecule has 4 rings (SSSR count). The third kappa shape index (κ3) is 4.09. The molecule has 0 saturated carbocycles. The summed E-state index contributed by atoms with van der Waals surface area (Å²) in [6.07, 6.45) is 1.74. The molecule has 1 N–H and O–H groups in total. The fraction of sp³-hybridized carbons (Fsp3) is 0.300. The molecule has 0 atom stereocenters. The van der Waals surface area contributed by atoms with Crippen LogP contribution >= 0.6 is 0 Å². The van der Waals surface area contributed by atoms with Crippen molar-refractivity contribution in [2.24, 2.45) is 0 Å². The molecule has 1 aliphatic rings. The molecule has 1 fully saturated rings. The number of anilines is 1. The predicted molar refractivity (Wildman–Crippen MR) is 104 cm³/mol. The van der Waals surface area contributed by atoms with Gasteiger partial charge in [-0.15, -0.1) is 5.10 Å². The van der Waals surface area contributed by atoms with Gasteiger partial charge >= 0.3 is 0 Å². The van der Waals surface area contributed by atoms with Crippen molar-refractivity contribution in [2.45, 2.75) is 13.5 Å². The number of hydrogen-bond donors (Lipinski definition) is 1. The van der Waals surface area contributed by atoms with Gasteiger partial charge in [-0.25, -0.2) is 14.1 Å². The van der Waals surface area contributed by atoms with Crippen LogP contribution in [0.1, 0.15) is 21.7 Å². The first-order valence-corrected chi connectivity index (χ1v) is 9.36. The van der Waals surface area contributed by atoms with Crippen molar-refractivity contribution in [2.75, 3.05) is 31.2 Å². The molecule has 29 heavy (non-hydrogen) atoms. The zero-order valence-electron chi connectivity index (χ0n) is 16.0. The highest BCUT2D eigenvalue weighted by Crippen LogP contribution is 2.19. The molecule has 1 aliphatic heterocycles.